The zero-order valence-electron chi connectivity index (χ0n) is 16.5. The minimum absolute atomic E-state index is 0.263. The second-order valence-electron chi connectivity index (χ2n) is 8.30. The molecule has 1 aromatic rings. The van der Waals surface area contributed by atoms with Crippen LogP contribution in [0.15, 0.2) is 47.6 Å². The molecule has 0 spiro atoms. The van der Waals surface area contributed by atoms with Gasteiger partial charge in [-0.05, 0) is 75.1 Å². The Bertz CT molecular complexity index is 749. The monoisotopic (exact) mass is 364 g/mol. The molecular formula is C24H32N2O. The molecule has 0 aromatic heterocycles. The highest BCUT2D eigenvalue weighted by molar-refractivity contribution is 5.78. The number of carbonyl (C=O) groups is 1. The summed E-state index contributed by atoms with van der Waals surface area (Å²) in [7, 11) is 0. The first-order valence-electron chi connectivity index (χ1n) is 10.7. The van der Waals surface area contributed by atoms with Crippen molar-refractivity contribution in [1.29, 1.82) is 0 Å². The van der Waals surface area contributed by atoms with Crippen LogP contribution in [0.5, 0.6) is 0 Å². The number of nitrogens with zero attached hydrogens (tertiary/aromatic N) is 1. The summed E-state index contributed by atoms with van der Waals surface area (Å²) < 4.78 is 0. The predicted molar refractivity (Wildman–Crippen MR) is 111 cm³/mol. The molecule has 3 nitrogen and oxygen atoms in total. The average Bonchev–Trinajstić information content (AvgIpc) is 3.06. The third-order valence-corrected chi connectivity index (χ3v) is 6.58. The fraction of sp³-hybridized carbons (Fsp3) is 0.542. The van der Waals surface area contributed by atoms with Crippen molar-refractivity contribution in [1.82, 2.24) is 10.2 Å². The van der Waals surface area contributed by atoms with E-state index in [0.717, 1.165) is 38.8 Å². The van der Waals surface area contributed by atoms with Gasteiger partial charge in [0.05, 0.1) is 6.54 Å². The Labute approximate surface area is 163 Å². The number of aryl methyl sites for hydroxylation is 1. The maximum Gasteiger partial charge on any atom is 0.236 e. The lowest BCUT2D eigenvalue weighted by atomic mass is 9.82. The molecule has 2 aliphatic carbocycles. The quantitative estimate of drug-likeness (QED) is 0.788. The molecule has 1 heterocycles. The van der Waals surface area contributed by atoms with Crippen molar-refractivity contribution in [2.45, 2.75) is 63.8 Å². The third kappa shape index (κ3) is 4.03. The summed E-state index contributed by atoms with van der Waals surface area (Å²) in [5, 5.41) is 3.44. The Kier molecular flexibility index (Phi) is 5.77. The Morgan fingerprint density at radius 1 is 1.22 bits per heavy atom. The second kappa shape index (κ2) is 8.43. The second-order valence-corrected chi connectivity index (χ2v) is 8.30. The number of benzene rings is 1. The van der Waals surface area contributed by atoms with Gasteiger partial charge >= 0.3 is 0 Å². The SMILES string of the molecule is CC1CCCN1C(=O)CNCCC1C2=C(CCC=C2)CCc2ccccc21. The molecule has 2 unspecified atom stereocenters. The Morgan fingerprint density at radius 2 is 2.11 bits per heavy atom. The zero-order chi connectivity index (χ0) is 18.6. The van der Waals surface area contributed by atoms with E-state index in [0.29, 0.717) is 18.5 Å². The van der Waals surface area contributed by atoms with E-state index >= 15 is 0 Å². The first kappa shape index (κ1) is 18.5. The van der Waals surface area contributed by atoms with Gasteiger partial charge < -0.3 is 10.2 Å². The minimum atomic E-state index is 0.263. The van der Waals surface area contributed by atoms with Crippen molar-refractivity contribution in [2.75, 3.05) is 19.6 Å². The molecule has 3 heteroatoms. The maximum absolute atomic E-state index is 12.4. The smallest absolute Gasteiger partial charge is 0.236 e. The van der Waals surface area contributed by atoms with Crippen molar-refractivity contribution >= 4 is 5.91 Å². The summed E-state index contributed by atoms with van der Waals surface area (Å²) in [5.74, 6) is 0.724. The molecule has 2 atom stereocenters. The highest BCUT2D eigenvalue weighted by Gasteiger charge is 2.26. The molecule has 3 aliphatic rings. The largest absolute Gasteiger partial charge is 0.339 e. The van der Waals surface area contributed by atoms with Crippen LogP contribution in [0.4, 0.5) is 0 Å². The van der Waals surface area contributed by atoms with Crippen LogP contribution in [-0.2, 0) is 11.2 Å². The number of hydrogen-bond acceptors (Lipinski definition) is 2. The molecule has 1 saturated heterocycles. The predicted octanol–water partition coefficient (Wildman–Crippen LogP) is 4.35. The van der Waals surface area contributed by atoms with Crippen LogP contribution >= 0.6 is 0 Å². The van der Waals surface area contributed by atoms with E-state index in [4.69, 9.17) is 0 Å². The highest BCUT2D eigenvalue weighted by Crippen LogP contribution is 2.40. The molecule has 1 N–H and O–H groups in total. The standard InChI is InChI=1S/C24H32N2O/c1-18-7-6-16-26(18)24(27)17-25-15-14-23-21-10-4-2-8-19(21)12-13-20-9-3-5-11-22(20)23/h2,4-5,8,10-11,18,23,25H,3,6-7,9,12-17H2,1H3. The van der Waals surface area contributed by atoms with Crippen molar-refractivity contribution < 1.29 is 4.79 Å². The fourth-order valence-electron chi connectivity index (χ4n) is 5.07. The Hall–Kier alpha value is -1.87. The van der Waals surface area contributed by atoms with Crippen molar-refractivity contribution in [3.05, 3.63) is 58.7 Å². The van der Waals surface area contributed by atoms with E-state index in [-0.39, 0.29) is 5.91 Å². The fourth-order valence-corrected chi connectivity index (χ4v) is 5.07. The van der Waals surface area contributed by atoms with Gasteiger partial charge in [-0.2, -0.15) is 0 Å². The van der Waals surface area contributed by atoms with E-state index in [1.165, 1.54) is 30.4 Å². The van der Waals surface area contributed by atoms with E-state index in [2.05, 4.69) is 48.7 Å². The number of allylic oxidation sites excluding steroid dienone is 4. The molecule has 1 amide bonds. The van der Waals surface area contributed by atoms with Crippen LogP contribution < -0.4 is 5.32 Å². The third-order valence-electron chi connectivity index (χ3n) is 6.58. The van der Waals surface area contributed by atoms with Gasteiger partial charge in [-0.15, -0.1) is 0 Å². The van der Waals surface area contributed by atoms with Crippen LogP contribution in [0.2, 0.25) is 0 Å². The van der Waals surface area contributed by atoms with Crippen molar-refractivity contribution in [2.24, 2.45) is 0 Å². The molecule has 1 fully saturated rings. The van der Waals surface area contributed by atoms with E-state index in [9.17, 15) is 4.79 Å². The summed E-state index contributed by atoms with van der Waals surface area (Å²) in [6.07, 6.45) is 12.8. The van der Waals surface area contributed by atoms with E-state index in [1.807, 2.05) is 4.90 Å². The molecule has 1 aliphatic heterocycles. The molecule has 4 rings (SSSR count). The Balaban J connectivity index is 1.41. The minimum Gasteiger partial charge on any atom is -0.339 e. The van der Waals surface area contributed by atoms with Gasteiger partial charge in [-0.25, -0.2) is 0 Å². The van der Waals surface area contributed by atoms with Gasteiger partial charge in [-0.3, -0.25) is 4.79 Å². The zero-order valence-corrected chi connectivity index (χ0v) is 16.5. The van der Waals surface area contributed by atoms with Gasteiger partial charge in [-0.1, -0.05) is 42.0 Å². The number of hydrogen-bond donors (Lipinski definition) is 1. The number of amides is 1. The topological polar surface area (TPSA) is 32.3 Å². The highest BCUT2D eigenvalue weighted by atomic mass is 16.2. The lowest BCUT2D eigenvalue weighted by Crippen LogP contribution is -2.40. The molecule has 0 bridgehead atoms. The van der Waals surface area contributed by atoms with Crippen molar-refractivity contribution in [3.63, 3.8) is 0 Å². The molecule has 0 saturated carbocycles. The van der Waals surface area contributed by atoms with E-state index in [1.54, 1.807) is 11.1 Å². The van der Waals surface area contributed by atoms with Gasteiger partial charge in [0, 0.05) is 18.5 Å². The number of nitrogens with one attached hydrogen (secondary N) is 1. The van der Waals surface area contributed by atoms with Gasteiger partial charge in [0.15, 0.2) is 0 Å². The normalized spacial score (nSPS) is 24.6. The Morgan fingerprint density at radius 3 is 2.96 bits per heavy atom. The summed E-state index contributed by atoms with van der Waals surface area (Å²) in [5.41, 5.74) is 6.20. The van der Waals surface area contributed by atoms with Gasteiger partial charge in [0.2, 0.25) is 5.91 Å². The molecule has 144 valence electrons. The summed E-state index contributed by atoms with van der Waals surface area (Å²) in [6, 6.07) is 9.37. The maximum atomic E-state index is 12.4. The number of rotatable bonds is 5. The molecule has 0 radical (unpaired) electrons. The lowest BCUT2D eigenvalue weighted by Gasteiger charge is -2.24. The summed E-state index contributed by atoms with van der Waals surface area (Å²) >= 11 is 0. The van der Waals surface area contributed by atoms with Gasteiger partial charge in [0.1, 0.15) is 0 Å². The van der Waals surface area contributed by atoms with Crippen LogP contribution in [0.25, 0.3) is 0 Å². The van der Waals surface area contributed by atoms with Crippen molar-refractivity contribution in [3.8, 4) is 0 Å². The molecular weight excluding hydrogens is 332 g/mol. The number of fused-ring (bicyclic) bond motifs is 1. The first-order valence-corrected chi connectivity index (χ1v) is 10.7. The lowest BCUT2D eigenvalue weighted by molar-refractivity contribution is -0.130. The van der Waals surface area contributed by atoms with Gasteiger partial charge in [0.25, 0.3) is 0 Å². The number of likely N-dealkylation sites (tertiary alicyclic amines) is 1. The van der Waals surface area contributed by atoms with Crippen LogP contribution in [0, 0.1) is 0 Å². The summed E-state index contributed by atoms with van der Waals surface area (Å²) in [4.78, 5) is 14.5. The average molecular weight is 365 g/mol. The van der Waals surface area contributed by atoms with Crippen LogP contribution in [0.3, 0.4) is 0 Å². The molecule has 1 aromatic carbocycles. The summed E-state index contributed by atoms with van der Waals surface area (Å²) in [6.45, 7) is 4.45. The van der Waals surface area contributed by atoms with Crippen LogP contribution in [-0.4, -0.2) is 36.5 Å². The van der Waals surface area contributed by atoms with Crippen LogP contribution in [0.1, 0.15) is 62.5 Å². The van der Waals surface area contributed by atoms with E-state index < -0.39 is 0 Å². The number of carbonyl (C=O) groups excluding carboxylic acids is 1. The first-order chi connectivity index (χ1) is 13.2. The molecule has 27 heavy (non-hydrogen) atoms.